The van der Waals surface area contributed by atoms with Gasteiger partial charge in [0.1, 0.15) is 0 Å². The Balaban J connectivity index is 1.82. The first-order valence-corrected chi connectivity index (χ1v) is 8.91. The predicted molar refractivity (Wildman–Crippen MR) is 95.6 cm³/mol. The standard InChI is InChI=1S/C18H17N3O2S/c1-13-5-6-14(2)18(10-13)24(22,23)21-20-12-15-7-8-17-16(11-15)4-3-9-19-17/h3-12,21H,1-2H3. The smallest absolute Gasteiger partial charge is 0.256 e. The van der Waals surface area contributed by atoms with Gasteiger partial charge in [-0.05, 0) is 54.8 Å². The van der Waals surface area contributed by atoms with Crippen LogP contribution in [0.15, 0.2) is 64.7 Å². The second kappa shape index (κ2) is 6.41. The molecule has 6 heteroatoms. The Hall–Kier alpha value is -2.73. The zero-order valence-corrected chi connectivity index (χ0v) is 14.2. The number of aromatic nitrogens is 1. The molecule has 0 saturated carbocycles. The van der Waals surface area contributed by atoms with E-state index in [2.05, 4.69) is 14.9 Å². The van der Waals surface area contributed by atoms with Crippen molar-refractivity contribution in [1.82, 2.24) is 9.82 Å². The summed E-state index contributed by atoms with van der Waals surface area (Å²) in [6.07, 6.45) is 3.21. The first-order valence-electron chi connectivity index (χ1n) is 7.43. The van der Waals surface area contributed by atoms with Crippen molar-refractivity contribution in [1.29, 1.82) is 0 Å². The van der Waals surface area contributed by atoms with Gasteiger partial charge in [0.05, 0.1) is 16.6 Å². The fraction of sp³-hybridized carbons (Fsp3) is 0.111. The minimum absolute atomic E-state index is 0.238. The van der Waals surface area contributed by atoms with E-state index in [4.69, 9.17) is 0 Å². The van der Waals surface area contributed by atoms with Gasteiger partial charge >= 0.3 is 0 Å². The molecule has 1 N–H and O–H groups in total. The summed E-state index contributed by atoms with van der Waals surface area (Å²) >= 11 is 0. The van der Waals surface area contributed by atoms with E-state index in [-0.39, 0.29) is 4.90 Å². The summed E-state index contributed by atoms with van der Waals surface area (Å²) in [6.45, 7) is 3.61. The lowest BCUT2D eigenvalue weighted by Gasteiger charge is -2.07. The van der Waals surface area contributed by atoms with Crippen molar-refractivity contribution in [3.63, 3.8) is 0 Å². The molecule has 3 aromatic rings. The Morgan fingerprint density at radius 1 is 1.08 bits per heavy atom. The van der Waals surface area contributed by atoms with Crippen LogP contribution in [0, 0.1) is 13.8 Å². The van der Waals surface area contributed by atoms with Crippen molar-refractivity contribution < 1.29 is 8.42 Å². The van der Waals surface area contributed by atoms with Gasteiger partial charge in [0.25, 0.3) is 10.0 Å². The highest BCUT2D eigenvalue weighted by atomic mass is 32.2. The van der Waals surface area contributed by atoms with Crippen molar-refractivity contribution in [2.45, 2.75) is 18.7 Å². The number of hydrogen-bond acceptors (Lipinski definition) is 4. The van der Waals surface area contributed by atoms with Gasteiger partial charge in [0.15, 0.2) is 0 Å². The number of aryl methyl sites for hydroxylation is 2. The summed E-state index contributed by atoms with van der Waals surface area (Å²) in [7, 11) is -3.69. The summed E-state index contributed by atoms with van der Waals surface area (Å²) in [5.74, 6) is 0. The molecule has 0 aliphatic rings. The lowest BCUT2D eigenvalue weighted by Crippen LogP contribution is -2.19. The summed E-state index contributed by atoms with van der Waals surface area (Å²) < 4.78 is 24.7. The molecule has 122 valence electrons. The Morgan fingerprint density at radius 2 is 1.92 bits per heavy atom. The minimum Gasteiger partial charge on any atom is -0.256 e. The fourth-order valence-electron chi connectivity index (χ4n) is 2.39. The van der Waals surface area contributed by atoms with E-state index in [1.54, 1.807) is 25.3 Å². The quantitative estimate of drug-likeness (QED) is 0.586. The maximum Gasteiger partial charge on any atom is 0.276 e. The van der Waals surface area contributed by atoms with Crippen LogP contribution in [0.4, 0.5) is 0 Å². The number of pyridine rings is 1. The first-order chi connectivity index (χ1) is 11.5. The predicted octanol–water partition coefficient (Wildman–Crippen LogP) is 3.16. The van der Waals surface area contributed by atoms with Gasteiger partial charge in [-0.1, -0.05) is 24.3 Å². The number of hydrazone groups is 1. The third-order valence-corrected chi connectivity index (χ3v) is 5.01. The van der Waals surface area contributed by atoms with Crippen molar-refractivity contribution in [2.75, 3.05) is 0 Å². The van der Waals surface area contributed by atoms with Gasteiger partial charge in [-0.25, -0.2) is 4.83 Å². The molecule has 1 aromatic heterocycles. The van der Waals surface area contributed by atoms with Gasteiger partial charge in [0, 0.05) is 11.6 Å². The molecule has 0 spiro atoms. The molecule has 5 nitrogen and oxygen atoms in total. The highest BCUT2D eigenvalue weighted by Gasteiger charge is 2.15. The van der Waals surface area contributed by atoms with E-state index in [0.717, 1.165) is 22.0 Å². The van der Waals surface area contributed by atoms with Crippen LogP contribution < -0.4 is 4.83 Å². The van der Waals surface area contributed by atoms with Crippen LogP contribution in [0.3, 0.4) is 0 Å². The lowest BCUT2D eigenvalue weighted by atomic mass is 10.1. The molecule has 0 atom stereocenters. The minimum atomic E-state index is -3.69. The lowest BCUT2D eigenvalue weighted by molar-refractivity contribution is 0.584. The van der Waals surface area contributed by atoms with E-state index >= 15 is 0 Å². The Labute approximate surface area is 141 Å². The monoisotopic (exact) mass is 339 g/mol. The number of fused-ring (bicyclic) bond motifs is 1. The third kappa shape index (κ3) is 3.44. The molecule has 0 saturated heterocycles. The molecule has 0 aliphatic heterocycles. The van der Waals surface area contributed by atoms with E-state index in [1.807, 2.05) is 43.3 Å². The van der Waals surface area contributed by atoms with Gasteiger partial charge in [-0.15, -0.1) is 0 Å². The molecule has 0 amide bonds. The third-order valence-electron chi connectivity index (χ3n) is 3.65. The summed E-state index contributed by atoms with van der Waals surface area (Å²) in [5.41, 5.74) is 3.23. The number of nitrogens with zero attached hydrogens (tertiary/aromatic N) is 2. The fourth-order valence-corrected chi connectivity index (χ4v) is 3.51. The van der Waals surface area contributed by atoms with E-state index in [9.17, 15) is 8.42 Å². The number of rotatable bonds is 4. The average Bonchev–Trinajstić information content (AvgIpc) is 2.56. The molecule has 2 aromatic carbocycles. The van der Waals surface area contributed by atoms with Gasteiger partial charge in [-0.2, -0.15) is 13.5 Å². The highest BCUT2D eigenvalue weighted by molar-refractivity contribution is 7.89. The zero-order chi connectivity index (χ0) is 17.2. The van der Waals surface area contributed by atoms with E-state index in [1.165, 1.54) is 6.21 Å². The van der Waals surface area contributed by atoms with Crippen molar-refractivity contribution in [2.24, 2.45) is 5.10 Å². The molecular weight excluding hydrogens is 322 g/mol. The van der Waals surface area contributed by atoms with E-state index in [0.29, 0.717) is 5.56 Å². The number of benzene rings is 2. The molecule has 0 unspecified atom stereocenters. The number of hydrogen-bond donors (Lipinski definition) is 1. The molecular formula is C18H17N3O2S. The zero-order valence-electron chi connectivity index (χ0n) is 13.4. The number of sulfonamides is 1. The van der Waals surface area contributed by atoms with Crippen LogP contribution in [0.25, 0.3) is 10.9 Å². The molecule has 0 bridgehead atoms. The van der Waals surface area contributed by atoms with Crippen LogP contribution in [0.2, 0.25) is 0 Å². The first kappa shape index (κ1) is 16.1. The largest absolute Gasteiger partial charge is 0.276 e. The maximum absolute atomic E-state index is 12.4. The highest BCUT2D eigenvalue weighted by Crippen LogP contribution is 2.16. The Morgan fingerprint density at radius 3 is 2.75 bits per heavy atom. The molecule has 0 radical (unpaired) electrons. The Bertz CT molecular complexity index is 1030. The van der Waals surface area contributed by atoms with Crippen molar-refractivity contribution in [3.05, 3.63) is 71.4 Å². The Kier molecular flexibility index (Phi) is 4.31. The van der Waals surface area contributed by atoms with Gasteiger partial charge < -0.3 is 0 Å². The van der Waals surface area contributed by atoms with E-state index < -0.39 is 10.0 Å². The normalized spacial score (nSPS) is 11.9. The summed E-state index contributed by atoms with van der Waals surface area (Å²) in [4.78, 5) is 6.75. The van der Waals surface area contributed by atoms with Crippen LogP contribution in [-0.4, -0.2) is 19.6 Å². The van der Waals surface area contributed by atoms with Crippen molar-refractivity contribution in [3.8, 4) is 0 Å². The van der Waals surface area contributed by atoms with Crippen LogP contribution in [0.5, 0.6) is 0 Å². The molecule has 1 heterocycles. The summed E-state index contributed by atoms with van der Waals surface area (Å²) in [5, 5.41) is 4.86. The van der Waals surface area contributed by atoms with Gasteiger partial charge in [-0.3, -0.25) is 4.98 Å². The molecule has 24 heavy (non-hydrogen) atoms. The van der Waals surface area contributed by atoms with Crippen molar-refractivity contribution >= 4 is 27.1 Å². The van der Waals surface area contributed by atoms with Crippen LogP contribution >= 0.6 is 0 Å². The number of nitrogens with one attached hydrogen (secondary N) is 1. The molecule has 3 rings (SSSR count). The van der Waals surface area contributed by atoms with Gasteiger partial charge in [0.2, 0.25) is 0 Å². The SMILES string of the molecule is Cc1ccc(C)c(S(=O)(=O)NN=Cc2ccc3ncccc3c2)c1. The second-order valence-electron chi connectivity index (χ2n) is 5.58. The topological polar surface area (TPSA) is 71.4 Å². The van der Waals surface area contributed by atoms with Crippen LogP contribution in [0.1, 0.15) is 16.7 Å². The molecule has 0 aliphatic carbocycles. The maximum atomic E-state index is 12.4. The summed E-state index contributed by atoms with van der Waals surface area (Å²) in [6, 6.07) is 14.7. The average molecular weight is 339 g/mol. The molecule has 0 fully saturated rings. The second-order valence-corrected chi connectivity index (χ2v) is 7.21. The van der Waals surface area contributed by atoms with Crippen LogP contribution in [-0.2, 0) is 10.0 Å².